The summed E-state index contributed by atoms with van der Waals surface area (Å²) < 4.78 is 5.66. The number of ether oxygens (including phenoxy) is 1. The van der Waals surface area contributed by atoms with Gasteiger partial charge in [-0.3, -0.25) is 9.59 Å². The van der Waals surface area contributed by atoms with Crippen LogP contribution in [0.1, 0.15) is 54.0 Å². The van der Waals surface area contributed by atoms with Crippen LogP contribution in [0.3, 0.4) is 0 Å². The predicted molar refractivity (Wildman–Crippen MR) is 115 cm³/mol. The molecule has 0 heterocycles. The molecule has 0 aliphatic heterocycles. The standard InChI is InChI=1S/C23H25N3O5/c1-14(31-23(2,3)4)19(22(29)30)26-21(28)17-9-11-18(12-10-17)25-20(27)16-7-5-15(13-24)6-8-16/h5-12,14,19H,1-4H3,(H,25,27)(H,26,28)(H,29,30)/t14-,19+/m1/s1. The van der Waals surface area contributed by atoms with Crippen molar-refractivity contribution in [2.75, 3.05) is 5.32 Å². The van der Waals surface area contributed by atoms with E-state index < -0.39 is 29.6 Å². The van der Waals surface area contributed by atoms with Crippen molar-refractivity contribution in [3.63, 3.8) is 0 Å². The van der Waals surface area contributed by atoms with E-state index in [0.29, 0.717) is 16.8 Å². The number of nitriles is 1. The Labute approximate surface area is 180 Å². The molecule has 2 atom stereocenters. The number of hydrogen-bond acceptors (Lipinski definition) is 5. The summed E-state index contributed by atoms with van der Waals surface area (Å²) in [5.41, 5.74) is 0.981. The molecule has 0 unspecified atom stereocenters. The van der Waals surface area contributed by atoms with Crippen molar-refractivity contribution < 1.29 is 24.2 Å². The summed E-state index contributed by atoms with van der Waals surface area (Å²) in [5, 5.41) is 23.4. The Morgan fingerprint density at radius 1 is 0.968 bits per heavy atom. The van der Waals surface area contributed by atoms with Gasteiger partial charge in [-0.2, -0.15) is 5.26 Å². The highest BCUT2D eigenvalue weighted by atomic mass is 16.5. The molecule has 0 radical (unpaired) electrons. The highest BCUT2D eigenvalue weighted by molar-refractivity contribution is 6.04. The van der Waals surface area contributed by atoms with Gasteiger partial charge >= 0.3 is 5.97 Å². The summed E-state index contributed by atoms with van der Waals surface area (Å²) in [4.78, 5) is 36.4. The van der Waals surface area contributed by atoms with Crippen LogP contribution in [0.25, 0.3) is 0 Å². The molecule has 3 N–H and O–H groups in total. The molecule has 8 nitrogen and oxygen atoms in total. The number of amides is 2. The molecule has 162 valence electrons. The molecule has 0 fully saturated rings. The Balaban J connectivity index is 2.04. The normalized spacial score (nSPS) is 12.9. The van der Waals surface area contributed by atoms with Gasteiger partial charge in [-0.15, -0.1) is 0 Å². The average molecular weight is 423 g/mol. The van der Waals surface area contributed by atoms with Gasteiger partial charge in [-0.05, 0) is 76.2 Å². The Bertz CT molecular complexity index is 986. The number of nitrogens with one attached hydrogen (secondary N) is 2. The third-order valence-corrected chi connectivity index (χ3v) is 4.24. The van der Waals surface area contributed by atoms with Crippen molar-refractivity contribution in [2.45, 2.75) is 45.4 Å². The number of aliphatic carboxylic acids is 1. The Kier molecular flexibility index (Phi) is 7.51. The number of anilines is 1. The van der Waals surface area contributed by atoms with Gasteiger partial charge in [0.2, 0.25) is 0 Å². The van der Waals surface area contributed by atoms with Crippen LogP contribution in [0.15, 0.2) is 48.5 Å². The highest BCUT2D eigenvalue weighted by Gasteiger charge is 2.30. The predicted octanol–water partition coefficient (Wildman–Crippen LogP) is 3.20. The molecule has 2 amide bonds. The third-order valence-electron chi connectivity index (χ3n) is 4.24. The number of carbonyl (C=O) groups excluding carboxylic acids is 2. The highest BCUT2D eigenvalue weighted by Crippen LogP contribution is 2.15. The minimum atomic E-state index is -1.22. The first-order valence-electron chi connectivity index (χ1n) is 9.63. The molecular formula is C23H25N3O5. The molecular weight excluding hydrogens is 398 g/mol. The first kappa shape index (κ1) is 23.6. The minimum Gasteiger partial charge on any atom is -0.480 e. The van der Waals surface area contributed by atoms with Gasteiger partial charge in [0, 0.05) is 16.8 Å². The van der Waals surface area contributed by atoms with Crippen LogP contribution in [-0.4, -0.2) is 40.6 Å². The molecule has 8 heteroatoms. The van der Waals surface area contributed by atoms with Gasteiger partial charge in [0.05, 0.1) is 23.3 Å². The molecule has 0 saturated heterocycles. The number of carboxylic acid groups (broad SMARTS) is 1. The van der Waals surface area contributed by atoms with E-state index in [4.69, 9.17) is 10.00 Å². The van der Waals surface area contributed by atoms with Crippen LogP contribution in [-0.2, 0) is 9.53 Å². The van der Waals surface area contributed by atoms with E-state index in [1.807, 2.05) is 6.07 Å². The summed E-state index contributed by atoms with van der Waals surface area (Å²) >= 11 is 0. The van der Waals surface area contributed by atoms with Crippen molar-refractivity contribution in [3.05, 3.63) is 65.2 Å². The maximum atomic E-state index is 12.5. The Hall–Kier alpha value is -3.70. The molecule has 0 aliphatic carbocycles. The van der Waals surface area contributed by atoms with Gasteiger partial charge in [-0.1, -0.05) is 0 Å². The maximum Gasteiger partial charge on any atom is 0.328 e. The summed E-state index contributed by atoms with van der Waals surface area (Å²) in [7, 11) is 0. The van der Waals surface area contributed by atoms with Gasteiger partial charge in [0.1, 0.15) is 0 Å². The third kappa shape index (κ3) is 6.94. The van der Waals surface area contributed by atoms with Gasteiger partial charge in [-0.25, -0.2) is 4.79 Å². The largest absolute Gasteiger partial charge is 0.480 e. The second-order valence-electron chi connectivity index (χ2n) is 7.95. The molecule has 0 aromatic heterocycles. The summed E-state index contributed by atoms with van der Waals surface area (Å²) in [6.07, 6.45) is -0.743. The molecule has 0 saturated carbocycles. The Morgan fingerprint density at radius 3 is 1.97 bits per heavy atom. The number of benzene rings is 2. The second-order valence-corrected chi connectivity index (χ2v) is 7.95. The number of hydrogen-bond donors (Lipinski definition) is 3. The van der Waals surface area contributed by atoms with E-state index >= 15 is 0 Å². The summed E-state index contributed by atoms with van der Waals surface area (Å²) in [6.45, 7) is 6.99. The van der Waals surface area contributed by atoms with E-state index in [0.717, 1.165) is 0 Å². The van der Waals surface area contributed by atoms with E-state index in [1.54, 1.807) is 64.1 Å². The zero-order chi connectivity index (χ0) is 23.2. The second kappa shape index (κ2) is 9.87. The fraction of sp³-hybridized carbons (Fsp3) is 0.304. The molecule has 0 spiro atoms. The van der Waals surface area contributed by atoms with E-state index in [-0.39, 0.29) is 11.5 Å². The first-order valence-corrected chi connectivity index (χ1v) is 9.63. The van der Waals surface area contributed by atoms with Gasteiger partial charge in [0.15, 0.2) is 6.04 Å². The van der Waals surface area contributed by atoms with Crippen LogP contribution < -0.4 is 10.6 Å². The van der Waals surface area contributed by atoms with Crippen molar-refractivity contribution in [1.82, 2.24) is 5.32 Å². The molecule has 0 aliphatic rings. The lowest BCUT2D eigenvalue weighted by molar-refractivity contribution is -0.146. The van der Waals surface area contributed by atoms with Crippen LogP contribution in [0.4, 0.5) is 5.69 Å². The zero-order valence-electron chi connectivity index (χ0n) is 17.8. The lowest BCUT2D eigenvalue weighted by Crippen LogP contribution is -2.50. The van der Waals surface area contributed by atoms with Crippen LogP contribution in [0.2, 0.25) is 0 Å². The SMILES string of the molecule is C[C@@H](OC(C)(C)C)[C@H](NC(=O)c1ccc(NC(=O)c2ccc(C#N)cc2)cc1)C(=O)O. The number of carboxylic acids is 1. The summed E-state index contributed by atoms with van der Waals surface area (Å²) in [5.74, 6) is -2.13. The number of carbonyl (C=O) groups is 3. The van der Waals surface area contributed by atoms with E-state index in [1.165, 1.54) is 12.1 Å². The maximum absolute atomic E-state index is 12.5. The minimum absolute atomic E-state index is 0.241. The van der Waals surface area contributed by atoms with Crippen molar-refractivity contribution >= 4 is 23.5 Å². The molecule has 2 rings (SSSR count). The molecule has 2 aromatic rings. The van der Waals surface area contributed by atoms with Crippen molar-refractivity contribution in [3.8, 4) is 6.07 Å². The van der Waals surface area contributed by atoms with Gasteiger partial charge < -0.3 is 20.5 Å². The Morgan fingerprint density at radius 2 is 1.48 bits per heavy atom. The topological polar surface area (TPSA) is 129 Å². The smallest absolute Gasteiger partial charge is 0.328 e. The number of nitrogens with zero attached hydrogens (tertiary/aromatic N) is 1. The first-order chi connectivity index (χ1) is 14.5. The fourth-order valence-electron chi connectivity index (χ4n) is 2.83. The monoisotopic (exact) mass is 423 g/mol. The van der Waals surface area contributed by atoms with Crippen LogP contribution >= 0.6 is 0 Å². The van der Waals surface area contributed by atoms with E-state index in [9.17, 15) is 19.5 Å². The van der Waals surface area contributed by atoms with Crippen LogP contribution in [0.5, 0.6) is 0 Å². The van der Waals surface area contributed by atoms with Crippen molar-refractivity contribution in [2.24, 2.45) is 0 Å². The lowest BCUT2D eigenvalue weighted by Gasteiger charge is -2.29. The number of rotatable bonds is 7. The van der Waals surface area contributed by atoms with Gasteiger partial charge in [0.25, 0.3) is 11.8 Å². The van der Waals surface area contributed by atoms with Crippen LogP contribution in [0, 0.1) is 11.3 Å². The zero-order valence-corrected chi connectivity index (χ0v) is 17.8. The lowest BCUT2D eigenvalue weighted by atomic mass is 10.1. The van der Waals surface area contributed by atoms with Crippen molar-refractivity contribution in [1.29, 1.82) is 5.26 Å². The molecule has 2 aromatic carbocycles. The molecule has 31 heavy (non-hydrogen) atoms. The molecule has 0 bridgehead atoms. The summed E-state index contributed by atoms with van der Waals surface area (Å²) in [6, 6.07) is 13.0. The average Bonchev–Trinajstić information content (AvgIpc) is 2.70. The quantitative estimate of drug-likeness (QED) is 0.627. The fourth-order valence-corrected chi connectivity index (χ4v) is 2.83. The van der Waals surface area contributed by atoms with E-state index in [2.05, 4.69) is 10.6 Å².